The SMILES string of the molecule is N#CCc1ccc(NC(=O)Cc2csc(-c3cccc(F)c3)n2)cc1. The molecule has 1 aromatic heterocycles. The Balaban J connectivity index is 1.63. The molecule has 0 fully saturated rings. The molecule has 124 valence electrons. The van der Waals surface area contributed by atoms with E-state index in [4.69, 9.17) is 5.26 Å². The topological polar surface area (TPSA) is 65.8 Å². The van der Waals surface area contributed by atoms with Gasteiger partial charge in [-0.15, -0.1) is 11.3 Å². The van der Waals surface area contributed by atoms with Crippen molar-refractivity contribution in [3.8, 4) is 16.6 Å². The lowest BCUT2D eigenvalue weighted by Crippen LogP contribution is -2.14. The number of rotatable bonds is 5. The minimum Gasteiger partial charge on any atom is -0.326 e. The Hall–Kier alpha value is -3.04. The molecular formula is C19H14FN3OS. The first-order valence-electron chi connectivity index (χ1n) is 7.60. The number of thiazole rings is 1. The van der Waals surface area contributed by atoms with Crippen molar-refractivity contribution in [3.63, 3.8) is 0 Å². The average Bonchev–Trinajstić information content (AvgIpc) is 3.05. The maximum atomic E-state index is 13.3. The van der Waals surface area contributed by atoms with E-state index in [2.05, 4.69) is 16.4 Å². The van der Waals surface area contributed by atoms with Crippen LogP contribution in [0.25, 0.3) is 10.6 Å². The lowest BCUT2D eigenvalue weighted by molar-refractivity contribution is -0.115. The van der Waals surface area contributed by atoms with E-state index in [-0.39, 0.29) is 18.1 Å². The summed E-state index contributed by atoms with van der Waals surface area (Å²) in [6, 6.07) is 15.5. The molecular weight excluding hydrogens is 337 g/mol. The molecule has 1 amide bonds. The van der Waals surface area contributed by atoms with Gasteiger partial charge in [-0.3, -0.25) is 4.79 Å². The van der Waals surface area contributed by atoms with E-state index in [1.165, 1.54) is 23.5 Å². The van der Waals surface area contributed by atoms with Crippen LogP contribution in [-0.2, 0) is 17.6 Å². The summed E-state index contributed by atoms with van der Waals surface area (Å²) in [5, 5.41) is 13.9. The molecule has 6 heteroatoms. The van der Waals surface area contributed by atoms with Gasteiger partial charge in [0, 0.05) is 16.6 Å². The van der Waals surface area contributed by atoms with E-state index < -0.39 is 0 Å². The largest absolute Gasteiger partial charge is 0.326 e. The number of benzene rings is 2. The molecule has 0 spiro atoms. The number of hydrogen-bond acceptors (Lipinski definition) is 4. The highest BCUT2D eigenvalue weighted by Gasteiger charge is 2.10. The fraction of sp³-hybridized carbons (Fsp3) is 0.105. The fourth-order valence-corrected chi connectivity index (χ4v) is 3.13. The number of nitrogens with zero attached hydrogens (tertiary/aromatic N) is 2. The van der Waals surface area contributed by atoms with Crippen molar-refractivity contribution in [2.75, 3.05) is 5.32 Å². The van der Waals surface area contributed by atoms with Gasteiger partial charge in [-0.1, -0.05) is 24.3 Å². The summed E-state index contributed by atoms with van der Waals surface area (Å²) < 4.78 is 13.3. The summed E-state index contributed by atoms with van der Waals surface area (Å²) in [5.74, 6) is -0.490. The van der Waals surface area contributed by atoms with Crippen molar-refractivity contribution in [3.05, 3.63) is 71.0 Å². The van der Waals surface area contributed by atoms with Gasteiger partial charge in [-0.25, -0.2) is 9.37 Å². The van der Waals surface area contributed by atoms with E-state index >= 15 is 0 Å². The van der Waals surface area contributed by atoms with Gasteiger partial charge in [0.2, 0.25) is 5.91 Å². The predicted octanol–water partition coefficient (Wildman–Crippen LogP) is 4.20. The molecule has 0 aliphatic heterocycles. The van der Waals surface area contributed by atoms with Crippen LogP contribution in [0, 0.1) is 17.1 Å². The third kappa shape index (κ3) is 4.49. The van der Waals surface area contributed by atoms with E-state index in [0.29, 0.717) is 28.4 Å². The molecule has 0 saturated heterocycles. The molecule has 0 saturated carbocycles. The molecule has 2 aromatic carbocycles. The van der Waals surface area contributed by atoms with E-state index in [0.717, 1.165) is 5.56 Å². The molecule has 3 aromatic rings. The highest BCUT2D eigenvalue weighted by atomic mass is 32.1. The van der Waals surface area contributed by atoms with Crippen molar-refractivity contribution in [1.29, 1.82) is 5.26 Å². The quantitative estimate of drug-likeness (QED) is 0.749. The lowest BCUT2D eigenvalue weighted by atomic mass is 10.1. The van der Waals surface area contributed by atoms with Crippen LogP contribution in [0.15, 0.2) is 53.9 Å². The van der Waals surface area contributed by atoms with E-state index in [1.807, 2.05) is 12.1 Å². The van der Waals surface area contributed by atoms with Crippen LogP contribution in [0.3, 0.4) is 0 Å². The van der Waals surface area contributed by atoms with Gasteiger partial charge in [0.15, 0.2) is 0 Å². The minimum absolute atomic E-state index is 0.145. The van der Waals surface area contributed by atoms with Crippen molar-refractivity contribution < 1.29 is 9.18 Å². The summed E-state index contributed by atoms with van der Waals surface area (Å²) in [4.78, 5) is 16.5. The highest BCUT2D eigenvalue weighted by Crippen LogP contribution is 2.24. The molecule has 0 bridgehead atoms. The van der Waals surface area contributed by atoms with Crippen LogP contribution in [0.2, 0.25) is 0 Å². The molecule has 0 aliphatic rings. The second-order valence-corrected chi connectivity index (χ2v) is 6.27. The molecule has 0 unspecified atom stereocenters. The molecule has 0 atom stereocenters. The van der Waals surface area contributed by atoms with Crippen molar-refractivity contribution in [1.82, 2.24) is 4.98 Å². The first kappa shape index (κ1) is 16.8. The Morgan fingerprint density at radius 1 is 1.24 bits per heavy atom. The van der Waals surface area contributed by atoms with Crippen LogP contribution < -0.4 is 5.32 Å². The Bertz CT molecular complexity index is 928. The number of hydrogen-bond donors (Lipinski definition) is 1. The van der Waals surface area contributed by atoms with E-state index in [9.17, 15) is 9.18 Å². The second-order valence-electron chi connectivity index (χ2n) is 5.41. The van der Waals surface area contributed by atoms with Gasteiger partial charge in [0.25, 0.3) is 0 Å². The minimum atomic E-state index is -0.313. The maximum absolute atomic E-state index is 13.3. The third-order valence-corrected chi connectivity index (χ3v) is 4.43. The summed E-state index contributed by atoms with van der Waals surface area (Å²) >= 11 is 1.38. The van der Waals surface area contributed by atoms with Crippen molar-refractivity contribution in [2.24, 2.45) is 0 Å². The van der Waals surface area contributed by atoms with Gasteiger partial charge in [0.1, 0.15) is 10.8 Å². The van der Waals surface area contributed by atoms with Gasteiger partial charge < -0.3 is 5.32 Å². The normalized spacial score (nSPS) is 10.2. The summed E-state index contributed by atoms with van der Waals surface area (Å²) in [6.07, 6.45) is 0.488. The fourth-order valence-electron chi connectivity index (χ4n) is 2.31. The number of aromatic nitrogens is 1. The van der Waals surface area contributed by atoms with Gasteiger partial charge in [-0.05, 0) is 29.8 Å². The first-order chi connectivity index (χ1) is 12.1. The van der Waals surface area contributed by atoms with Crippen LogP contribution in [0.4, 0.5) is 10.1 Å². The van der Waals surface area contributed by atoms with Crippen molar-refractivity contribution in [2.45, 2.75) is 12.8 Å². The monoisotopic (exact) mass is 351 g/mol. The number of nitriles is 1. The first-order valence-corrected chi connectivity index (χ1v) is 8.48. The Morgan fingerprint density at radius 3 is 2.76 bits per heavy atom. The van der Waals surface area contributed by atoms with Crippen LogP contribution >= 0.6 is 11.3 Å². The molecule has 1 heterocycles. The van der Waals surface area contributed by atoms with Gasteiger partial charge in [0.05, 0.1) is 24.6 Å². The van der Waals surface area contributed by atoms with Crippen LogP contribution in [-0.4, -0.2) is 10.9 Å². The lowest BCUT2D eigenvalue weighted by Gasteiger charge is -2.04. The number of carbonyl (C=O) groups excluding carboxylic acids is 1. The molecule has 3 rings (SSSR count). The number of amides is 1. The molecule has 4 nitrogen and oxygen atoms in total. The Labute approximate surface area is 148 Å². The number of carbonyl (C=O) groups is 1. The Morgan fingerprint density at radius 2 is 2.04 bits per heavy atom. The Kier molecular flexibility index (Phi) is 5.17. The number of halogens is 1. The zero-order chi connectivity index (χ0) is 17.6. The smallest absolute Gasteiger partial charge is 0.230 e. The summed E-state index contributed by atoms with van der Waals surface area (Å²) in [6.45, 7) is 0. The molecule has 25 heavy (non-hydrogen) atoms. The molecule has 1 N–H and O–H groups in total. The summed E-state index contributed by atoms with van der Waals surface area (Å²) in [7, 11) is 0. The average molecular weight is 351 g/mol. The second kappa shape index (κ2) is 7.69. The predicted molar refractivity (Wildman–Crippen MR) is 95.6 cm³/mol. The van der Waals surface area contributed by atoms with Gasteiger partial charge in [-0.2, -0.15) is 5.26 Å². The van der Waals surface area contributed by atoms with Gasteiger partial charge >= 0.3 is 0 Å². The zero-order valence-electron chi connectivity index (χ0n) is 13.2. The maximum Gasteiger partial charge on any atom is 0.230 e. The number of anilines is 1. The van der Waals surface area contributed by atoms with Crippen molar-refractivity contribution >= 4 is 22.9 Å². The molecule has 0 aliphatic carbocycles. The molecule has 0 radical (unpaired) electrons. The van der Waals surface area contributed by atoms with E-state index in [1.54, 1.807) is 29.6 Å². The van der Waals surface area contributed by atoms with Crippen LogP contribution in [0.1, 0.15) is 11.3 Å². The highest BCUT2D eigenvalue weighted by molar-refractivity contribution is 7.13. The third-order valence-electron chi connectivity index (χ3n) is 3.49. The van der Waals surface area contributed by atoms with Crippen LogP contribution in [0.5, 0.6) is 0 Å². The zero-order valence-corrected chi connectivity index (χ0v) is 14.0. The standard InChI is InChI=1S/C19H14FN3OS/c20-15-3-1-2-14(10-15)19-23-17(12-25-19)11-18(24)22-16-6-4-13(5-7-16)8-9-21/h1-7,10,12H,8,11H2,(H,22,24). The number of nitrogens with one attached hydrogen (secondary N) is 1. The summed E-state index contributed by atoms with van der Waals surface area (Å²) in [5.41, 5.74) is 2.92.